The second-order valence-corrected chi connectivity index (χ2v) is 4.49. The third kappa shape index (κ3) is 2.67. The van der Waals surface area contributed by atoms with E-state index in [0.717, 1.165) is 9.08 Å². The maximum absolute atomic E-state index is 12.4. The molecule has 0 saturated heterocycles. The number of rotatable bonds is 3. The first-order valence-electron chi connectivity index (χ1n) is 6.31. The third-order valence-electron chi connectivity index (χ3n) is 2.89. The van der Waals surface area contributed by atoms with Gasteiger partial charge in [-0.1, -0.05) is 24.3 Å². The number of ether oxygens (including phenoxy) is 1. The lowest BCUT2D eigenvalue weighted by molar-refractivity contribution is -0.154. The molecule has 114 valence electrons. The van der Waals surface area contributed by atoms with Gasteiger partial charge in [0, 0.05) is 0 Å². The van der Waals surface area contributed by atoms with Gasteiger partial charge in [-0.05, 0) is 24.3 Å². The van der Waals surface area contributed by atoms with Crippen molar-refractivity contribution in [3.8, 4) is 11.6 Å². The topological polar surface area (TPSA) is 48.5 Å². The highest BCUT2D eigenvalue weighted by molar-refractivity contribution is 5.43. The predicted molar refractivity (Wildman–Crippen MR) is 72.3 cm³/mol. The molecule has 3 aromatic rings. The Bertz CT molecular complexity index is 853. The van der Waals surface area contributed by atoms with Crippen LogP contribution in [0.2, 0.25) is 0 Å². The van der Waals surface area contributed by atoms with Crippen LogP contribution in [0.3, 0.4) is 0 Å². The van der Waals surface area contributed by atoms with Crippen LogP contribution in [0.5, 0.6) is 5.88 Å². The second-order valence-electron chi connectivity index (χ2n) is 4.49. The summed E-state index contributed by atoms with van der Waals surface area (Å²) in [5, 5.41) is 4.09. The van der Waals surface area contributed by atoms with Crippen molar-refractivity contribution in [2.45, 2.75) is 6.18 Å². The van der Waals surface area contributed by atoms with Crippen LogP contribution in [0.1, 0.15) is 0 Å². The fourth-order valence-corrected chi connectivity index (χ4v) is 1.99. The summed E-state index contributed by atoms with van der Waals surface area (Å²) < 4.78 is 43.6. The molecule has 0 aliphatic carbocycles. The van der Waals surface area contributed by atoms with Crippen molar-refractivity contribution in [2.75, 3.05) is 6.61 Å². The van der Waals surface area contributed by atoms with E-state index in [4.69, 9.17) is 4.74 Å². The summed E-state index contributed by atoms with van der Waals surface area (Å²) in [6.07, 6.45) is -4.48. The summed E-state index contributed by atoms with van der Waals surface area (Å²) in [5.74, 6) is -0.206. The molecule has 0 aliphatic heterocycles. The van der Waals surface area contributed by atoms with Gasteiger partial charge in [-0.15, -0.1) is 5.10 Å². The summed E-state index contributed by atoms with van der Waals surface area (Å²) in [5.41, 5.74) is 0.116. The minimum Gasteiger partial charge on any atom is -0.469 e. The standard InChI is InChI=1S/C14H10F3N3O2/c15-14(16,17)9-22-12-8-4-7-11-18-20(13(21)19(11)12)10-5-2-1-3-6-10/h1-8H,9H2. The maximum atomic E-state index is 12.4. The van der Waals surface area contributed by atoms with Crippen LogP contribution >= 0.6 is 0 Å². The molecule has 0 bridgehead atoms. The van der Waals surface area contributed by atoms with Crippen molar-refractivity contribution >= 4 is 5.65 Å². The van der Waals surface area contributed by atoms with Gasteiger partial charge in [0.1, 0.15) is 0 Å². The SMILES string of the molecule is O=c1n(-c2ccccc2)nc2cccc(OCC(F)(F)F)n12. The molecule has 0 amide bonds. The molecule has 8 heteroatoms. The molecule has 2 heterocycles. The molecule has 0 fully saturated rings. The van der Waals surface area contributed by atoms with Crippen molar-refractivity contribution in [3.05, 3.63) is 59.0 Å². The van der Waals surface area contributed by atoms with E-state index in [9.17, 15) is 18.0 Å². The summed E-state index contributed by atoms with van der Waals surface area (Å²) in [4.78, 5) is 12.4. The van der Waals surface area contributed by atoms with Gasteiger partial charge in [-0.2, -0.15) is 17.9 Å². The number of hydrogen-bond acceptors (Lipinski definition) is 3. The first kappa shape index (κ1) is 14.2. The van der Waals surface area contributed by atoms with Crippen molar-refractivity contribution in [1.29, 1.82) is 0 Å². The molecule has 0 aliphatic rings. The number of alkyl halides is 3. The second kappa shape index (κ2) is 5.21. The Hall–Kier alpha value is -2.77. The van der Waals surface area contributed by atoms with Crippen LogP contribution < -0.4 is 10.4 Å². The molecule has 0 unspecified atom stereocenters. The summed E-state index contributed by atoms with van der Waals surface area (Å²) >= 11 is 0. The van der Waals surface area contributed by atoms with Crippen LogP contribution in [0.4, 0.5) is 13.2 Å². The van der Waals surface area contributed by atoms with Crippen molar-refractivity contribution < 1.29 is 17.9 Å². The fraction of sp³-hybridized carbons (Fsp3) is 0.143. The highest BCUT2D eigenvalue weighted by atomic mass is 19.4. The Labute approximate surface area is 122 Å². The van der Waals surface area contributed by atoms with Gasteiger partial charge < -0.3 is 4.74 Å². The molecule has 0 saturated carbocycles. The van der Waals surface area contributed by atoms with E-state index < -0.39 is 18.5 Å². The van der Waals surface area contributed by atoms with Crippen LogP contribution in [-0.4, -0.2) is 27.0 Å². The molecule has 2 aromatic heterocycles. The predicted octanol–water partition coefficient (Wildman–Crippen LogP) is 2.43. The van der Waals surface area contributed by atoms with Gasteiger partial charge in [-0.25, -0.2) is 9.20 Å². The average molecular weight is 309 g/mol. The van der Waals surface area contributed by atoms with Crippen LogP contribution in [0.15, 0.2) is 53.3 Å². The molecule has 1 aromatic carbocycles. The van der Waals surface area contributed by atoms with Crippen LogP contribution in [-0.2, 0) is 0 Å². The number of pyridine rings is 1. The van der Waals surface area contributed by atoms with E-state index in [1.165, 1.54) is 18.2 Å². The Morgan fingerprint density at radius 2 is 1.77 bits per heavy atom. The van der Waals surface area contributed by atoms with Gasteiger partial charge in [0.05, 0.1) is 5.69 Å². The Morgan fingerprint density at radius 1 is 1.05 bits per heavy atom. The highest BCUT2D eigenvalue weighted by Gasteiger charge is 2.29. The molecule has 22 heavy (non-hydrogen) atoms. The van der Waals surface area contributed by atoms with Gasteiger partial charge in [0.25, 0.3) is 0 Å². The lowest BCUT2D eigenvalue weighted by atomic mass is 10.3. The van der Waals surface area contributed by atoms with Gasteiger partial charge >= 0.3 is 11.9 Å². The summed E-state index contributed by atoms with van der Waals surface area (Å²) in [6, 6.07) is 12.9. The minimum atomic E-state index is -4.48. The number of nitrogens with zero attached hydrogens (tertiary/aromatic N) is 3. The summed E-state index contributed by atoms with van der Waals surface area (Å²) in [6.45, 7) is -1.48. The van der Waals surface area contributed by atoms with Gasteiger partial charge in [0.15, 0.2) is 12.3 Å². The number of benzene rings is 1. The Kier molecular flexibility index (Phi) is 3.36. The highest BCUT2D eigenvalue weighted by Crippen LogP contribution is 2.18. The molecule has 0 spiro atoms. The van der Waals surface area contributed by atoms with Gasteiger partial charge in [0.2, 0.25) is 5.88 Å². The van der Waals surface area contributed by atoms with Crippen LogP contribution in [0.25, 0.3) is 11.3 Å². The van der Waals surface area contributed by atoms with E-state index in [1.54, 1.807) is 30.3 Å². The molecular weight excluding hydrogens is 299 g/mol. The summed E-state index contributed by atoms with van der Waals surface area (Å²) in [7, 11) is 0. The zero-order valence-electron chi connectivity index (χ0n) is 11.1. The number of fused-ring (bicyclic) bond motifs is 1. The maximum Gasteiger partial charge on any atom is 0.422 e. The first-order valence-corrected chi connectivity index (χ1v) is 6.31. The lowest BCUT2D eigenvalue weighted by Crippen LogP contribution is -2.24. The fourth-order valence-electron chi connectivity index (χ4n) is 1.99. The zero-order chi connectivity index (χ0) is 15.7. The molecule has 3 rings (SSSR count). The lowest BCUT2D eigenvalue weighted by Gasteiger charge is -2.09. The monoisotopic (exact) mass is 309 g/mol. The number of halogens is 3. The third-order valence-corrected chi connectivity index (χ3v) is 2.89. The molecule has 0 N–H and O–H groups in total. The number of hydrogen-bond donors (Lipinski definition) is 0. The smallest absolute Gasteiger partial charge is 0.422 e. The van der Waals surface area contributed by atoms with E-state index in [1.807, 2.05) is 0 Å². The zero-order valence-corrected chi connectivity index (χ0v) is 11.1. The van der Waals surface area contributed by atoms with Crippen LogP contribution in [0, 0.1) is 0 Å². The average Bonchev–Trinajstić information content (AvgIpc) is 2.83. The Morgan fingerprint density at radius 3 is 2.45 bits per heavy atom. The van der Waals surface area contributed by atoms with Crippen molar-refractivity contribution in [1.82, 2.24) is 14.2 Å². The minimum absolute atomic E-state index is 0.202. The van der Waals surface area contributed by atoms with Crippen molar-refractivity contribution in [2.24, 2.45) is 0 Å². The number of para-hydroxylation sites is 1. The molecule has 0 radical (unpaired) electrons. The first-order chi connectivity index (χ1) is 10.5. The van der Waals surface area contributed by atoms with E-state index in [0.29, 0.717) is 5.69 Å². The molecular formula is C14H10F3N3O2. The molecule has 0 atom stereocenters. The Balaban J connectivity index is 2.09. The normalized spacial score (nSPS) is 11.8. The largest absolute Gasteiger partial charge is 0.469 e. The van der Waals surface area contributed by atoms with Crippen molar-refractivity contribution in [3.63, 3.8) is 0 Å². The van der Waals surface area contributed by atoms with E-state index in [-0.39, 0.29) is 11.5 Å². The quantitative estimate of drug-likeness (QED) is 0.746. The van der Waals surface area contributed by atoms with E-state index >= 15 is 0 Å². The van der Waals surface area contributed by atoms with E-state index in [2.05, 4.69) is 5.10 Å². The molecule has 5 nitrogen and oxygen atoms in total. The number of aromatic nitrogens is 3. The van der Waals surface area contributed by atoms with Gasteiger partial charge in [-0.3, -0.25) is 0 Å².